The zero-order chi connectivity index (χ0) is 18.3. The van der Waals surface area contributed by atoms with Gasteiger partial charge in [-0.1, -0.05) is 23.4 Å². The zero-order valence-electron chi connectivity index (χ0n) is 13.9. The molecule has 0 aliphatic carbocycles. The minimum absolute atomic E-state index is 0.290. The molecule has 6 nitrogen and oxygen atoms in total. The molecule has 0 unspecified atom stereocenters. The Bertz CT molecular complexity index is 1120. The number of nitrogens with one attached hydrogen (secondary N) is 1. The number of benzene rings is 1. The summed E-state index contributed by atoms with van der Waals surface area (Å²) in [4.78, 5) is 25.0. The fourth-order valence-electron chi connectivity index (χ4n) is 2.53. The first-order chi connectivity index (χ1) is 12.5. The van der Waals surface area contributed by atoms with Gasteiger partial charge < -0.3 is 14.6 Å². The minimum Gasteiger partial charge on any atom is -0.448 e. The van der Waals surface area contributed by atoms with E-state index in [9.17, 15) is 9.59 Å². The molecule has 4 rings (SSSR count). The summed E-state index contributed by atoms with van der Waals surface area (Å²) < 4.78 is 13.5. The first-order valence-corrected chi connectivity index (χ1v) is 9.51. The Morgan fingerprint density at radius 2 is 2.00 bits per heavy atom. The number of thiophene rings is 2. The predicted octanol–water partition coefficient (Wildman–Crippen LogP) is 4.60. The molecule has 0 spiro atoms. The topological polar surface area (TPSA) is 81.4 Å². The summed E-state index contributed by atoms with van der Waals surface area (Å²) in [7, 11) is 0. The van der Waals surface area contributed by atoms with Crippen molar-refractivity contribution in [3.63, 3.8) is 0 Å². The first kappa shape index (κ1) is 16.7. The van der Waals surface area contributed by atoms with Gasteiger partial charge in [0.25, 0.3) is 5.91 Å². The van der Waals surface area contributed by atoms with Gasteiger partial charge in [-0.2, -0.15) is 0 Å². The van der Waals surface area contributed by atoms with Crippen LogP contribution in [0.25, 0.3) is 19.5 Å². The molecule has 0 aliphatic rings. The standard InChI is InChI=1S/C18H14N2O4S2/c1-9-7-15(20-24-9)19-17(21)10(2)23-18(22)14-8-13-16(26-14)11-5-3-4-6-12(11)25-13/h3-8,10H,1-2H3,(H,19,20,21)/t10-/m1/s1. The Balaban J connectivity index is 1.48. The lowest BCUT2D eigenvalue weighted by Gasteiger charge is -2.11. The van der Waals surface area contributed by atoms with E-state index < -0.39 is 18.0 Å². The summed E-state index contributed by atoms with van der Waals surface area (Å²) in [5.41, 5.74) is 0. The van der Waals surface area contributed by atoms with Crippen LogP contribution in [0.5, 0.6) is 0 Å². The van der Waals surface area contributed by atoms with Crippen molar-refractivity contribution in [1.82, 2.24) is 5.16 Å². The number of hydrogen-bond acceptors (Lipinski definition) is 7. The van der Waals surface area contributed by atoms with E-state index >= 15 is 0 Å². The van der Waals surface area contributed by atoms with Crippen molar-refractivity contribution in [2.24, 2.45) is 0 Å². The number of aryl methyl sites for hydroxylation is 1. The van der Waals surface area contributed by atoms with Crippen LogP contribution in [0.4, 0.5) is 5.82 Å². The van der Waals surface area contributed by atoms with Gasteiger partial charge in [0.05, 0.1) is 4.70 Å². The Labute approximate surface area is 156 Å². The third-order valence-electron chi connectivity index (χ3n) is 3.78. The summed E-state index contributed by atoms with van der Waals surface area (Å²) in [6.45, 7) is 3.24. The fraction of sp³-hybridized carbons (Fsp3) is 0.167. The van der Waals surface area contributed by atoms with Crippen molar-refractivity contribution >= 4 is 59.9 Å². The van der Waals surface area contributed by atoms with Crippen molar-refractivity contribution in [3.8, 4) is 0 Å². The highest BCUT2D eigenvalue weighted by atomic mass is 32.1. The van der Waals surface area contributed by atoms with Crippen LogP contribution in [0.1, 0.15) is 22.4 Å². The highest BCUT2D eigenvalue weighted by Crippen LogP contribution is 2.39. The lowest BCUT2D eigenvalue weighted by molar-refractivity contribution is -0.123. The quantitative estimate of drug-likeness (QED) is 0.519. The average Bonchev–Trinajstić information content (AvgIpc) is 3.28. The fourth-order valence-corrected chi connectivity index (χ4v) is 4.93. The molecule has 0 bridgehead atoms. The Kier molecular flexibility index (Phi) is 4.21. The molecule has 8 heteroatoms. The Hall–Kier alpha value is -2.71. The number of rotatable bonds is 4. The third-order valence-corrected chi connectivity index (χ3v) is 6.18. The monoisotopic (exact) mass is 386 g/mol. The number of ether oxygens (including phenoxy) is 1. The summed E-state index contributed by atoms with van der Waals surface area (Å²) in [6, 6.07) is 11.5. The highest BCUT2D eigenvalue weighted by molar-refractivity contribution is 7.33. The minimum atomic E-state index is -0.948. The van der Waals surface area contributed by atoms with E-state index in [1.54, 1.807) is 24.3 Å². The molecule has 26 heavy (non-hydrogen) atoms. The molecule has 3 heterocycles. The molecule has 0 aliphatic heterocycles. The van der Waals surface area contributed by atoms with Crippen molar-refractivity contribution in [1.29, 1.82) is 0 Å². The molecule has 4 aromatic rings. The van der Waals surface area contributed by atoms with Crippen LogP contribution in [0, 0.1) is 6.92 Å². The van der Waals surface area contributed by atoms with Crippen molar-refractivity contribution in [2.75, 3.05) is 5.32 Å². The van der Waals surface area contributed by atoms with Gasteiger partial charge in [0.1, 0.15) is 10.6 Å². The van der Waals surface area contributed by atoms with E-state index in [0.717, 1.165) is 14.8 Å². The van der Waals surface area contributed by atoms with E-state index in [1.807, 2.05) is 24.3 Å². The smallest absolute Gasteiger partial charge is 0.349 e. The second kappa shape index (κ2) is 6.54. The largest absolute Gasteiger partial charge is 0.448 e. The number of nitrogens with zero attached hydrogens (tertiary/aromatic N) is 1. The van der Waals surface area contributed by atoms with Crippen LogP contribution in [0.2, 0.25) is 0 Å². The Morgan fingerprint density at radius 1 is 1.19 bits per heavy atom. The number of amides is 1. The summed E-state index contributed by atoms with van der Waals surface area (Å²) in [5.74, 6) is -0.105. The summed E-state index contributed by atoms with van der Waals surface area (Å²) in [6.07, 6.45) is -0.948. The molecule has 1 amide bonds. The molecular weight excluding hydrogens is 372 g/mol. The van der Waals surface area contributed by atoms with Crippen molar-refractivity contribution in [3.05, 3.63) is 47.0 Å². The molecule has 0 saturated carbocycles. The maximum Gasteiger partial charge on any atom is 0.349 e. The molecule has 1 aromatic carbocycles. The van der Waals surface area contributed by atoms with Crippen LogP contribution in [0.3, 0.4) is 0 Å². The maximum atomic E-state index is 12.4. The van der Waals surface area contributed by atoms with Crippen LogP contribution in [-0.2, 0) is 9.53 Å². The van der Waals surface area contributed by atoms with Gasteiger partial charge in [0, 0.05) is 20.9 Å². The van der Waals surface area contributed by atoms with E-state index in [2.05, 4.69) is 16.5 Å². The SMILES string of the molecule is Cc1cc(NC(=O)[C@@H](C)OC(=O)c2cc3sc4ccccc4c3s2)no1. The van der Waals surface area contributed by atoms with Crippen molar-refractivity contribution < 1.29 is 18.8 Å². The van der Waals surface area contributed by atoms with Crippen LogP contribution in [0.15, 0.2) is 40.9 Å². The molecule has 0 radical (unpaired) electrons. The van der Waals surface area contributed by atoms with Crippen LogP contribution < -0.4 is 5.32 Å². The second-order valence-electron chi connectivity index (χ2n) is 5.76. The second-order valence-corrected chi connectivity index (χ2v) is 7.90. The van der Waals surface area contributed by atoms with E-state index in [4.69, 9.17) is 9.26 Å². The zero-order valence-corrected chi connectivity index (χ0v) is 15.6. The van der Waals surface area contributed by atoms with Gasteiger partial charge in [-0.25, -0.2) is 4.79 Å². The van der Waals surface area contributed by atoms with Gasteiger partial charge in [-0.3, -0.25) is 4.79 Å². The molecule has 0 saturated heterocycles. The molecule has 0 fully saturated rings. The highest BCUT2D eigenvalue weighted by Gasteiger charge is 2.22. The molecule has 1 N–H and O–H groups in total. The average molecular weight is 386 g/mol. The molecule has 132 valence electrons. The third kappa shape index (κ3) is 3.09. The van der Waals surface area contributed by atoms with E-state index in [0.29, 0.717) is 16.5 Å². The number of esters is 1. The molecular formula is C18H14N2O4S2. The number of carbonyl (C=O) groups is 2. The normalized spacial score (nSPS) is 12.4. The van der Waals surface area contributed by atoms with Crippen molar-refractivity contribution in [2.45, 2.75) is 20.0 Å². The lowest BCUT2D eigenvalue weighted by atomic mass is 10.2. The van der Waals surface area contributed by atoms with E-state index in [-0.39, 0.29) is 0 Å². The Morgan fingerprint density at radius 3 is 2.77 bits per heavy atom. The van der Waals surface area contributed by atoms with Gasteiger partial charge in [-0.15, -0.1) is 22.7 Å². The van der Waals surface area contributed by atoms with Crippen LogP contribution >= 0.6 is 22.7 Å². The van der Waals surface area contributed by atoms with Gasteiger partial charge in [0.2, 0.25) is 0 Å². The number of hydrogen-bond donors (Lipinski definition) is 1. The maximum absolute atomic E-state index is 12.4. The predicted molar refractivity (Wildman–Crippen MR) is 102 cm³/mol. The first-order valence-electron chi connectivity index (χ1n) is 7.87. The van der Waals surface area contributed by atoms with Crippen LogP contribution in [-0.4, -0.2) is 23.1 Å². The molecule has 3 aromatic heterocycles. The number of carbonyl (C=O) groups excluding carboxylic acids is 2. The van der Waals surface area contributed by atoms with Gasteiger partial charge in [-0.05, 0) is 26.0 Å². The molecule has 1 atom stereocenters. The van der Waals surface area contributed by atoms with Gasteiger partial charge in [0.15, 0.2) is 11.9 Å². The summed E-state index contributed by atoms with van der Waals surface area (Å²) >= 11 is 3.01. The number of aromatic nitrogens is 1. The lowest BCUT2D eigenvalue weighted by Crippen LogP contribution is -2.29. The number of anilines is 1. The van der Waals surface area contributed by atoms with Gasteiger partial charge >= 0.3 is 5.97 Å². The van der Waals surface area contributed by atoms with E-state index in [1.165, 1.54) is 23.0 Å². The summed E-state index contributed by atoms with van der Waals surface area (Å²) in [5, 5.41) is 7.36. The number of fused-ring (bicyclic) bond motifs is 3.